The Morgan fingerprint density at radius 1 is 1.20 bits per heavy atom. The predicted octanol–water partition coefficient (Wildman–Crippen LogP) is 2.89. The largest absolute Gasteiger partial charge is 0.322 e. The van der Waals surface area contributed by atoms with E-state index in [0.717, 1.165) is 12.1 Å². The van der Waals surface area contributed by atoms with Crippen molar-refractivity contribution in [3.63, 3.8) is 0 Å². The van der Waals surface area contributed by atoms with Crippen molar-refractivity contribution in [1.29, 1.82) is 0 Å². The minimum atomic E-state index is -0.138. The maximum Gasteiger partial charge on any atom is 0.322 e. The van der Waals surface area contributed by atoms with Crippen LogP contribution in [-0.2, 0) is 0 Å². The normalized spacial score (nSPS) is 19.3. The first-order valence-corrected chi connectivity index (χ1v) is 8.16. The van der Waals surface area contributed by atoms with E-state index in [-0.39, 0.29) is 12.1 Å². The molecular formula is C18H18N6O. The van der Waals surface area contributed by atoms with E-state index in [9.17, 15) is 4.79 Å². The summed E-state index contributed by atoms with van der Waals surface area (Å²) in [5, 5.41) is 7.04. The molecule has 1 N–H and O–H groups in total. The van der Waals surface area contributed by atoms with Crippen LogP contribution in [0.4, 0.5) is 10.5 Å². The quantitative estimate of drug-likeness (QED) is 0.799. The summed E-state index contributed by atoms with van der Waals surface area (Å²) in [5.41, 5.74) is 1.75. The number of carbonyl (C=O) groups excluding carboxylic acids is 1. The van der Waals surface area contributed by atoms with Crippen LogP contribution < -0.4 is 5.32 Å². The van der Waals surface area contributed by atoms with Gasteiger partial charge < -0.3 is 10.2 Å². The Labute approximate surface area is 145 Å². The molecule has 0 saturated carbocycles. The Bertz CT molecular complexity index is 864. The SMILES string of the molecule is CC1CN(C(=O)Nc2cccnc2-n2cncn2)C1c1ccccc1. The summed E-state index contributed by atoms with van der Waals surface area (Å²) < 4.78 is 1.53. The summed E-state index contributed by atoms with van der Waals surface area (Å²) in [4.78, 5) is 22.9. The van der Waals surface area contributed by atoms with E-state index in [1.54, 1.807) is 18.6 Å². The van der Waals surface area contributed by atoms with E-state index >= 15 is 0 Å². The topological polar surface area (TPSA) is 75.9 Å². The van der Waals surface area contributed by atoms with Gasteiger partial charge in [-0.1, -0.05) is 37.3 Å². The number of urea groups is 1. The first-order chi connectivity index (χ1) is 12.2. The molecule has 7 nitrogen and oxygen atoms in total. The molecule has 3 aromatic rings. The molecule has 0 bridgehead atoms. The Hall–Kier alpha value is -3.22. The van der Waals surface area contributed by atoms with Gasteiger partial charge in [-0.25, -0.2) is 19.4 Å². The molecule has 4 rings (SSSR count). The van der Waals surface area contributed by atoms with Crippen LogP contribution in [0.15, 0.2) is 61.3 Å². The van der Waals surface area contributed by atoms with Crippen molar-refractivity contribution in [3.8, 4) is 5.82 Å². The lowest BCUT2D eigenvalue weighted by Gasteiger charge is -2.46. The molecule has 2 atom stereocenters. The summed E-state index contributed by atoms with van der Waals surface area (Å²) in [6, 6.07) is 13.6. The minimum absolute atomic E-state index is 0.0905. The van der Waals surface area contributed by atoms with Gasteiger partial charge in [0.1, 0.15) is 12.7 Å². The predicted molar refractivity (Wildman–Crippen MR) is 93.2 cm³/mol. The van der Waals surface area contributed by atoms with Crippen LogP contribution in [0.3, 0.4) is 0 Å². The zero-order valence-electron chi connectivity index (χ0n) is 13.8. The lowest BCUT2D eigenvalue weighted by molar-refractivity contribution is 0.0671. The number of anilines is 1. The summed E-state index contributed by atoms with van der Waals surface area (Å²) in [7, 11) is 0. The Balaban J connectivity index is 1.55. The van der Waals surface area contributed by atoms with Crippen LogP contribution in [0.1, 0.15) is 18.5 Å². The molecule has 1 saturated heterocycles. The third-order valence-electron chi connectivity index (χ3n) is 4.43. The zero-order valence-corrected chi connectivity index (χ0v) is 13.8. The molecule has 25 heavy (non-hydrogen) atoms. The monoisotopic (exact) mass is 334 g/mol. The van der Waals surface area contributed by atoms with Crippen LogP contribution in [0.5, 0.6) is 0 Å². The average molecular weight is 334 g/mol. The van der Waals surface area contributed by atoms with Crippen molar-refractivity contribution < 1.29 is 4.79 Å². The molecule has 7 heteroatoms. The van der Waals surface area contributed by atoms with Gasteiger partial charge in [0.2, 0.25) is 0 Å². The van der Waals surface area contributed by atoms with Crippen LogP contribution in [0, 0.1) is 5.92 Å². The van der Waals surface area contributed by atoms with Crippen molar-refractivity contribution >= 4 is 11.7 Å². The third-order valence-corrected chi connectivity index (χ3v) is 4.43. The molecule has 2 unspecified atom stereocenters. The van der Waals surface area contributed by atoms with Gasteiger partial charge in [0.05, 0.1) is 11.7 Å². The molecule has 1 aliphatic heterocycles. The standard InChI is InChI=1S/C18H18N6O/c1-13-10-23(16(13)14-6-3-2-4-7-14)18(25)22-15-8-5-9-20-17(15)24-12-19-11-21-24/h2-9,11-13,16H,10H2,1H3,(H,22,25). The highest BCUT2D eigenvalue weighted by atomic mass is 16.2. The molecular weight excluding hydrogens is 316 g/mol. The minimum Gasteiger partial charge on any atom is -0.317 e. The second kappa shape index (κ2) is 6.35. The summed E-state index contributed by atoms with van der Waals surface area (Å²) in [6.07, 6.45) is 4.64. The number of hydrogen-bond donors (Lipinski definition) is 1. The highest BCUT2D eigenvalue weighted by molar-refractivity contribution is 5.91. The van der Waals surface area contributed by atoms with Gasteiger partial charge in [-0.05, 0) is 23.6 Å². The van der Waals surface area contributed by atoms with Gasteiger partial charge in [-0.2, -0.15) is 5.10 Å². The summed E-state index contributed by atoms with van der Waals surface area (Å²) in [6.45, 7) is 2.89. The molecule has 1 fully saturated rings. The number of nitrogens with one attached hydrogen (secondary N) is 1. The number of benzene rings is 1. The molecule has 0 aliphatic carbocycles. The van der Waals surface area contributed by atoms with Gasteiger partial charge in [0.15, 0.2) is 5.82 Å². The van der Waals surface area contributed by atoms with E-state index in [0.29, 0.717) is 17.4 Å². The first-order valence-electron chi connectivity index (χ1n) is 8.16. The second-order valence-electron chi connectivity index (χ2n) is 6.13. The second-order valence-corrected chi connectivity index (χ2v) is 6.13. The number of carbonyl (C=O) groups is 1. The highest BCUT2D eigenvalue weighted by Crippen LogP contribution is 2.38. The fourth-order valence-corrected chi connectivity index (χ4v) is 3.24. The van der Waals surface area contributed by atoms with Crippen LogP contribution >= 0.6 is 0 Å². The lowest BCUT2D eigenvalue weighted by Crippen LogP contribution is -2.53. The van der Waals surface area contributed by atoms with Gasteiger partial charge in [-0.15, -0.1) is 0 Å². The van der Waals surface area contributed by atoms with Crippen molar-refractivity contribution in [2.75, 3.05) is 11.9 Å². The molecule has 3 heterocycles. The molecule has 1 aromatic carbocycles. The molecule has 0 spiro atoms. The Morgan fingerprint density at radius 2 is 2.04 bits per heavy atom. The summed E-state index contributed by atoms with van der Waals surface area (Å²) in [5.74, 6) is 0.968. The lowest BCUT2D eigenvalue weighted by atomic mass is 9.85. The maximum absolute atomic E-state index is 12.8. The molecule has 126 valence electrons. The first kappa shape index (κ1) is 15.3. The van der Waals surface area contributed by atoms with E-state index in [1.165, 1.54) is 11.0 Å². The van der Waals surface area contributed by atoms with Gasteiger partial charge in [0.25, 0.3) is 0 Å². The van der Waals surface area contributed by atoms with E-state index in [2.05, 4.69) is 39.4 Å². The van der Waals surface area contributed by atoms with E-state index in [1.807, 2.05) is 29.2 Å². The number of hydrogen-bond acceptors (Lipinski definition) is 4. The van der Waals surface area contributed by atoms with E-state index in [4.69, 9.17) is 0 Å². The Kier molecular flexibility index (Phi) is 3.89. The molecule has 2 amide bonds. The number of pyridine rings is 1. The van der Waals surface area contributed by atoms with Gasteiger partial charge in [-0.3, -0.25) is 0 Å². The van der Waals surface area contributed by atoms with Crippen LogP contribution in [-0.4, -0.2) is 37.2 Å². The number of rotatable bonds is 3. The van der Waals surface area contributed by atoms with Crippen LogP contribution in [0.25, 0.3) is 5.82 Å². The Morgan fingerprint density at radius 3 is 2.76 bits per heavy atom. The van der Waals surface area contributed by atoms with Crippen molar-refractivity contribution in [3.05, 3.63) is 66.9 Å². The van der Waals surface area contributed by atoms with Gasteiger partial charge in [0, 0.05) is 12.7 Å². The highest BCUT2D eigenvalue weighted by Gasteiger charge is 2.40. The molecule has 2 aromatic heterocycles. The number of aromatic nitrogens is 4. The van der Waals surface area contributed by atoms with Crippen molar-refractivity contribution in [1.82, 2.24) is 24.6 Å². The molecule has 0 radical (unpaired) electrons. The van der Waals surface area contributed by atoms with Crippen molar-refractivity contribution in [2.45, 2.75) is 13.0 Å². The molecule has 1 aliphatic rings. The fraction of sp³-hybridized carbons (Fsp3) is 0.222. The fourth-order valence-electron chi connectivity index (χ4n) is 3.24. The average Bonchev–Trinajstić information content (AvgIpc) is 3.15. The number of likely N-dealkylation sites (tertiary alicyclic amines) is 1. The zero-order chi connectivity index (χ0) is 17.2. The number of amides is 2. The number of nitrogens with zero attached hydrogens (tertiary/aromatic N) is 5. The van der Waals surface area contributed by atoms with Crippen LogP contribution in [0.2, 0.25) is 0 Å². The smallest absolute Gasteiger partial charge is 0.317 e. The summed E-state index contributed by atoms with van der Waals surface area (Å²) >= 11 is 0. The van der Waals surface area contributed by atoms with E-state index < -0.39 is 0 Å². The van der Waals surface area contributed by atoms with Gasteiger partial charge >= 0.3 is 6.03 Å². The van der Waals surface area contributed by atoms with Crippen molar-refractivity contribution in [2.24, 2.45) is 5.92 Å². The third kappa shape index (κ3) is 2.84. The maximum atomic E-state index is 12.8.